The Hall–Kier alpha value is -1.09. The van der Waals surface area contributed by atoms with Gasteiger partial charge in [0.1, 0.15) is 0 Å². The monoisotopic (exact) mass is 208 g/mol. The molecule has 76 valence electrons. The van der Waals surface area contributed by atoms with Crippen molar-refractivity contribution >= 4 is 22.9 Å². The van der Waals surface area contributed by atoms with Gasteiger partial charge >= 0.3 is 0 Å². The number of nitrogens with zero attached hydrogens (tertiary/aromatic N) is 1. The number of hydrogen-bond acceptors (Lipinski definition) is 2. The minimum Gasteiger partial charge on any atom is -0.393 e. The van der Waals surface area contributed by atoms with Gasteiger partial charge in [-0.3, -0.25) is 0 Å². The van der Waals surface area contributed by atoms with Crippen LogP contribution in [0.2, 0.25) is 0 Å². The van der Waals surface area contributed by atoms with E-state index in [1.807, 2.05) is 7.05 Å². The molecular formula is C11H16N2S. The first-order valence-electron chi connectivity index (χ1n) is 4.65. The molecule has 0 aliphatic rings. The van der Waals surface area contributed by atoms with E-state index >= 15 is 0 Å². The van der Waals surface area contributed by atoms with Crippen LogP contribution in [0.15, 0.2) is 24.3 Å². The zero-order valence-corrected chi connectivity index (χ0v) is 9.47. The fraction of sp³-hybridized carbons (Fsp3) is 0.364. The third kappa shape index (κ3) is 3.34. The molecule has 1 aromatic carbocycles. The van der Waals surface area contributed by atoms with Gasteiger partial charge in [0.25, 0.3) is 0 Å². The molecule has 0 unspecified atom stereocenters. The molecule has 0 aromatic heterocycles. The summed E-state index contributed by atoms with van der Waals surface area (Å²) in [4.78, 5) is 2.73. The summed E-state index contributed by atoms with van der Waals surface area (Å²) in [5.41, 5.74) is 7.93. The van der Waals surface area contributed by atoms with Crippen LogP contribution in [0, 0.1) is 6.92 Å². The Kier molecular flexibility index (Phi) is 3.89. The summed E-state index contributed by atoms with van der Waals surface area (Å²) < 4.78 is 0. The molecule has 0 amide bonds. The molecule has 14 heavy (non-hydrogen) atoms. The summed E-state index contributed by atoms with van der Waals surface area (Å²) in [7, 11) is 2.05. The highest BCUT2D eigenvalue weighted by atomic mass is 32.1. The molecule has 0 atom stereocenters. The molecule has 1 rings (SSSR count). The molecule has 0 saturated heterocycles. The van der Waals surface area contributed by atoms with E-state index in [1.165, 1.54) is 11.3 Å². The first kappa shape index (κ1) is 11.0. The molecule has 3 heteroatoms. The highest BCUT2D eigenvalue weighted by molar-refractivity contribution is 7.80. The number of rotatable bonds is 4. The maximum Gasteiger partial charge on any atom is 0.0745 e. The second-order valence-electron chi connectivity index (χ2n) is 3.48. The second kappa shape index (κ2) is 4.96. The molecule has 0 radical (unpaired) electrons. The Bertz CT molecular complexity index is 323. The lowest BCUT2D eigenvalue weighted by Gasteiger charge is -2.19. The van der Waals surface area contributed by atoms with Gasteiger partial charge in [-0.05, 0) is 24.6 Å². The third-order valence-corrected chi connectivity index (χ3v) is 2.34. The summed E-state index contributed by atoms with van der Waals surface area (Å²) in [6, 6.07) is 8.39. The van der Waals surface area contributed by atoms with Crippen LogP contribution in [0.4, 0.5) is 5.69 Å². The summed E-state index contributed by atoms with van der Waals surface area (Å²) in [5.74, 6) is 0. The number of nitrogens with two attached hydrogens (primary N) is 1. The van der Waals surface area contributed by atoms with Crippen molar-refractivity contribution in [3.8, 4) is 0 Å². The molecule has 0 heterocycles. The zero-order chi connectivity index (χ0) is 10.6. The molecule has 0 aliphatic heterocycles. The lowest BCUT2D eigenvalue weighted by Crippen LogP contribution is -2.23. The van der Waals surface area contributed by atoms with Gasteiger partial charge < -0.3 is 10.6 Å². The van der Waals surface area contributed by atoms with E-state index in [0.717, 1.165) is 13.0 Å². The Morgan fingerprint density at radius 1 is 1.50 bits per heavy atom. The van der Waals surface area contributed by atoms with Crippen molar-refractivity contribution in [3.63, 3.8) is 0 Å². The minimum absolute atomic E-state index is 0.574. The fourth-order valence-corrected chi connectivity index (χ4v) is 1.36. The summed E-state index contributed by atoms with van der Waals surface area (Å²) in [5, 5.41) is 0. The molecule has 0 aliphatic carbocycles. The topological polar surface area (TPSA) is 29.3 Å². The Balaban J connectivity index is 2.60. The predicted molar refractivity (Wildman–Crippen MR) is 65.9 cm³/mol. The van der Waals surface area contributed by atoms with E-state index in [2.05, 4.69) is 36.1 Å². The van der Waals surface area contributed by atoms with Crippen LogP contribution in [0.5, 0.6) is 0 Å². The molecule has 0 spiro atoms. The van der Waals surface area contributed by atoms with Crippen LogP contribution in [0.3, 0.4) is 0 Å². The van der Waals surface area contributed by atoms with Gasteiger partial charge in [-0.2, -0.15) is 0 Å². The molecule has 0 bridgehead atoms. The first-order valence-corrected chi connectivity index (χ1v) is 5.06. The second-order valence-corrected chi connectivity index (χ2v) is 4.00. The number of hydrogen-bond donors (Lipinski definition) is 1. The summed E-state index contributed by atoms with van der Waals surface area (Å²) in [6.45, 7) is 2.96. The van der Waals surface area contributed by atoms with Gasteiger partial charge in [-0.25, -0.2) is 0 Å². The average Bonchev–Trinajstić information content (AvgIpc) is 2.14. The lowest BCUT2D eigenvalue weighted by molar-refractivity contribution is 0.920. The largest absolute Gasteiger partial charge is 0.393 e. The van der Waals surface area contributed by atoms with Crippen molar-refractivity contribution in [2.24, 2.45) is 5.73 Å². The van der Waals surface area contributed by atoms with Gasteiger partial charge in [0.2, 0.25) is 0 Å². The van der Waals surface area contributed by atoms with Crippen LogP contribution in [-0.4, -0.2) is 18.6 Å². The molecule has 2 N–H and O–H groups in total. The summed E-state index contributed by atoms with van der Waals surface area (Å²) >= 11 is 4.84. The van der Waals surface area contributed by atoms with E-state index in [9.17, 15) is 0 Å². The highest BCUT2D eigenvalue weighted by Gasteiger charge is 2.00. The number of thiocarbonyl (C=S) groups is 1. The lowest BCUT2D eigenvalue weighted by atomic mass is 10.2. The van der Waals surface area contributed by atoms with Crippen molar-refractivity contribution in [1.29, 1.82) is 0 Å². The molecule has 1 aromatic rings. The minimum atomic E-state index is 0.574. The van der Waals surface area contributed by atoms with Gasteiger partial charge in [0.15, 0.2) is 0 Å². The Morgan fingerprint density at radius 3 is 2.79 bits per heavy atom. The van der Waals surface area contributed by atoms with Crippen LogP contribution < -0.4 is 10.6 Å². The van der Waals surface area contributed by atoms with E-state index in [0.29, 0.717) is 4.99 Å². The number of aryl methyl sites for hydroxylation is 1. The van der Waals surface area contributed by atoms with Gasteiger partial charge in [0, 0.05) is 25.7 Å². The average molecular weight is 208 g/mol. The van der Waals surface area contributed by atoms with Gasteiger partial charge in [-0.1, -0.05) is 24.4 Å². The number of anilines is 1. The van der Waals surface area contributed by atoms with Crippen molar-refractivity contribution in [2.45, 2.75) is 13.3 Å². The zero-order valence-electron chi connectivity index (χ0n) is 8.66. The van der Waals surface area contributed by atoms with Crippen molar-refractivity contribution in [2.75, 3.05) is 18.5 Å². The molecule has 0 saturated carbocycles. The van der Waals surface area contributed by atoms with Crippen molar-refractivity contribution < 1.29 is 0 Å². The van der Waals surface area contributed by atoms with Crippen LogP contribution in [0.25, 0.3) is 0 Å². The van der Waals surface area contributed by atoms with E-state index in [4.69, 9.17) is 18.0 Å². The smallest absolute Gasteiger partial charge is 0.0745 e. The maximum atomic E-state index is 5.45. The van der Waals surface area contributed by atoms with E-state index in [-0.39, 0.29) is 0 Å². The van der Waals surface area contributed by atoms with Crippen LogP contribution in [-0.2, 0) is 0 Å². The normalized spacial score (nSPS) is 9.86. The van der Waals surface area contributed by atoms with E-state index in [1.54, 1.807) is 0 Å². The van der Waals surface area contributed by atoms with Crippen LogP contribution in [0.1, 0.15) is 12.0 Å². The standard InChI is InChI=1S/C11H16N2S/c1-9-4-3-5-10(8-9)13(2)7-6-11(12)14/h3-5,8H,6-7H2,1-2H3,(H2,12,14). The fourth-order valence-electron chi connectivity index (χ4n) is 1.27. The SMILES string of the molecule is Cc1cccc(N(C)CCC(N)=S)c1. The van der Waals surface area contributed by atoms with Crippen molar-refractivity contribution in [1.82, 2.24) is 0 Å². The first-order chi connectivity index (χ1) is 6.59. The maximum absolute atomic E-state index is 5.45. The predicted octanol–water partition coefficient (Wildman–Crippen LogP) is 2.11. The molecular weight excluding hydrogens is 192 g/mol. The number of benzene rings is 1. The Morgan fingerprint density at radius 2 is 2.21 bits per heavy atom. The van der Waals surface area contributed by atoms with Gasteiger partial charge in [0.05, 0.1) is 4.99 Å². The van der Waals surface area contributed by atoms with Crippen LogP contribution >= 0.6 is 12.2 Å². The van der Waals surface area contributed by atoms with E-state index < -0.39 is 0 Å². The quantitative estimate of drug-likeness (QED) is 0.768. The molecule has 2 nitrogen and oxygen atoms in total. The molecule has 0 fully saturated rings. The Labute approximate surface area is 90.7 Å². The van der Waals surface area contributed by atoms with Gasteiger partial charge in [-0.15, -0.1) is 0 Å². The third-order valence-electron chi connectivity index (χ3n) is 2.14. The van der Waals surface area contributed by atoms with Crippen molar-refractivity contribution in [3.05, 3.63) is 29.8 Å². The summed E-state index contributed by atoms with van der Waals surface area (Å²) in [6.07, 6.45) is 0.764. The highest BCUT2D eigenvalue weighted by Crippen LogP contribution is 2.14.